The van der Waals surface area contributed by atoms with Crippen LogP contribution in [0.3, 0.4) is 0 Å². The number of benzene rings is 1. The monoisotopic (exact) mass is 446 g/mol. The van der Waals surface area contributed by atoms with E-state index in [-0.39, 0.29) is 24.5 Å². The molecule has 1 heterocycles. The molecular weight excluding hydrogens is 427 g/mol. The molecule has 2 rings (SSSR count). The highest BCUT2D eigenvalue weighted by Crippen LogP contribution is 2.26. The number of hydrogen-bond donors (Lipinski definition) is 3. The molecule has 0 aliphatic heterocycles. The quantitative estimate of drug-likeness (QED) is 0.559. The molecule has 0 radical (unpaired) electrons. The van der Waals surface area contributed by atoms with Crippen molar-refractivity contribution in [3.05, 3.63) is 34.4 Å². The van der Waals surface area contributed by atoms with Gasteiger partial charge in [-0.25, -0.2) is 4.98 Å². The molecule has 0 fully saturated rings. The lowest BCUT2D eigenvalue weighted by Gasteiger charge is -2.21. The second kappa shape index (κ2) is 8.28. The van der Waals surface area contributed by atoms with E-state index in [9.17, 15) is 17.4 Å². The second-order valence-electron chi connectivity index (χ2n) is 6.11. The summed E-state index contributed by atoms with van der Waals surface area (Å²) in [5, 5.41) is 15.5. The van der Waals surface area contributed by atoms with Crippen LogP contribution in [0.5, 0.6) is 0 Å². The van der Waals surface area contributed by atoms with Crippen LogP contribution in [0.15, 0.2) is 33.8 Å². The smallest absolute Gasteiger partial charge is 0.332 e. The number of aromatic nitrogens is 2. The van der Waals surface area contributed by atoms with E-state index in [4.69, 9.17) is 0 Å². The van der Waals surface area contributed by atoms with E-state index in [1.165, 1.54) is 24.4 Å². The zero-order chi connectivity index (χ0) is 19.5. The Morgan fingerprint density at radius 1 is 1.35 bits per heavy atom. The van der Waals surface area contributed by atoms with Gasteiger partial charge in [0.2, 0.25) is 5.95 Å². The number of rotatable bonds is 7. The highest BCUT2D eigenvalue weighted by Gasteiger charge is 2.17. The van der Waals surface area contributed by atoms with E-state index in [0.717, 1.165) is 0 Å². The van der Waals surface area contributed by atoms with Gasteiger partial charge in [0.15, 0.2) is 0 Å². The Hall–Kier alpha value is -1.78. The minimum Gasteiger partial charge on any atom is -0.394 e. The summed E-state index contributed by atoms with van der Waals surface area (Å²) in [6, 6.07) is 3.68. The molecule has 0 aliphatic carbocycles. The van der Waals surface area contributed by atoms with E-state index < -0.39 is 15.1 Å². The Labute approximate surface area is 160 Å². The summed E-state index contributed by atoms with van der Waals surface area (Å²) in [6.07, 6.45) is 1.53. The molecule has 0 aliphatic rings. The van der Waals surface area contributed by atoms with Crippen molar-refractivity contribution in [1.29, 1.82) is 0 Å². The molecule has 10 heteroatoms. The van der Waals surface area contributed by atoms with Gasteiger partial charge in [-0.1, -0.05) is 19.9 Å². The Morgan fingerprint density at radius 2 is 2.04 bits per heavy atom. The zero-order valence-electron chi connectivity index (χ0n) is 14.5. The first-order valence-electron chi connectivity index (χ1n) is 7.84. The van der Waals surface area contributed by atoms with Crippen LogP contribution >= 0.6 is 15.9 Å². The minimum absolute atomic E-state index is 0.0631. The van der Waals surface area contributed by atoms with Crippen molar-refractivity contribution >= 4 is 43.6 Å². The van der Waals surface area contributed by atoms with Gasteiger partial charge in [-0.05, 0) is 46.5 Å². The molecule has 7 nitrogen and oxygen atoms in total. The van der Waals surface area contributed by atoms with Crippen LogP contribution in [-0.4, -0.2) is 36.1 Å². The predicted molar refractivity (Wildman–Crippen MR) is 102 cm³/mol. The average molecular weight is 447 g/mol. The SMILES string of the molecule is Cc1ccc(S(=O)(=O)F)cc1Nc1ncc(Br)c(N[C@H](CO)C(C)C)n1. The lowest BCUT2D eigenvalue weighted by molar-refractivity contribution is 0.249. The van der Waals surface area contributed by atoms with Crippen molar-refractivity contribution in [1.82, 2.24) is 9.97 Å². The Bertz CT molecular complexity index is 893. The topological polar surface area (TPSA) is 104 Å². The Balaban J connectivity index is 2.32. The molecule has 26 heavy (non-hydrogen) atoms. The van der Waals surface area contributed by atoms with Crippen LogP contribution in [0.2, 0.25) is 0 Å². The summed E-state index contributed by atoms with van der Waals surface area (Å²) in [5.41, 5.74) is 1.08. The molecule has 0 bridgehead atoms. The molecule has 3 N–H and O–H groups in total. The Morgan fingerprint density at radius 3 is 2.62 bits per heavy atom. The van der Waals surface area contributed by atoms with Gasteiger partial charge in [0.05, 0.1) is 17.1 Å². The number of aryl methyl sites for hydroxylation is 1. The molecule has 0 saturated carbocycles. The summed E-state index contributed by atoms with van der Waals surface area (Å²) in [4.78, 5) is 8.02. The van der Waals surface area contributed by atoms with E-state index >= 15 is 0 Å². The third kappa shape index (κ3) is 5.12. The van der Waals surface area contributed by atoms with Gasteiger partial charge < -0.3 is 15.7 Å². The van der Waals surface area contributed by atoms with Crippen LogP contribution < -0.4 is 10.6 Å². The summed E-state index contributed by atoms with van der Waals surface area (Å²) in [7, 11) is -4.81. The molecule has 142 valence electrons. The first-order chi connectivity index (χ1) is 12.1. The van der Waals surface area contributed by atoms with E-state index in [0.29, 0.717) is 21.5 Å². The highest BCUT2D eigenvalue weighted by molar-refractivity contribution is 9.10. The molecule has 1 atom stereocenters. The fourth-order valence-corrected chi connectivity index (χ4v) is 2.93. The maximum Gasteiger partial charge on any atom is 0.332 e. The van der Waals surface area contributed by atoms with Gasteiger partial charge in [0.1, 0.15) is 10.7 Å². The van der Waals surface area contributed by atoms with Crippen LogP contribution in [-0.2, 0) is 10.2 Å². The molecule has 1 aromatic carbocycles. The van der Waals surface area contributed by atoms with Crippen molar-refractivity contribution < 1.29 is 17.4 Å². The van der Waals surface area contributed by atoms with E-state index in [1.54, 1.807) is 6.92 Å². The van der Waals surface area contributed by atoms with Gasteiger partial charge in [0.25, 0.3) is 0 Å². The zero-order valence-corrected chi connectivity index (χ0v) is 16.9. The van der Waals surface area contributed by atoms with Crippen molar-refractivity contribution in [2.45, 2.75) is 31.7 Å². The summed E-state index contributed by atoms with van der Waals surface area (Å²) < 4.78 is 36.0. The largest absolute Gasteiger partial charge is 0.394 e. The van der Waals surface area contributed by atoms with Gasteiger partial charge in [-0.3, -0.25) is 0 Å². The highest BCUT2D eigenvalue weighted by atomic mass is 79.9. The van der Waals surface area contributed by atoms with Gasteiger partial charge >= 0.3 is 10.2 Å². The average Bonchev–Trinajstić information content (AvgIpc) is 2.55. The molecule has 1 aromatic heterocycles. The fraction of sp³-hybridized carbons (Fsp3) is 0.375. The normalized spacial score (nSPS) is 12.9. The predicted octanol–water partition coefficient (Wildman–Crippen LogP) is 3.38. The number of aliphatic hydroxyl groups excluding tert-OH is 1. The molecule has 0 unspecified atom stereocenters. The number of nitrogens with zero attached hydrogens (tertiary/aromatic N) is 2. The van der Waals surface area contributed by atoms with Gasteiger partial charge in [-0.2, -0.15) is 13.4 Å². The van der Waals surface area contributed by atoms with Gasteiger partial charge in [0, 0.05) is 11.9 Å². The van der Waals surface area contributed by atoms with Crippen molar-refractivity contribution in [3.8, 4) is 0 Å². The molecule has 2 aromatic rings. The first kappa shape index (κ1) is 20.5. The molecule has 0 amide bonds. The number of nitrogens with one attached hydrogen (secondary N) is 2. The van der Waals surface area contributed by atoms with Crippen molar-refractivity contribution in [2.24, 2.45) is 5.92 Å². The maximum atomic E-state index is 13.2. The van der Waals surface area contributed by atoms with E-state index in [2.05, 4.69) is 36.5 Å². The Kier molecular flexibility index (Phi) is 6.53. The summed E-state index contributed by atoms with van der Waals surface area (Å²) >= 11 is 3.35. The van der Waals surface area contributed by atoms with E-state index in [1.807, 2.05) is 13.8 Å². The lowest BCUT2D eigenvalue weighted by Crippen LogP contribution is -2.30. The fourth-order valence-electron chi connectivity index (χ4n) is 2.14. The van der Waals surface area contributed by atoms with Crippen molar-refractivity contribution in [3.63, 3.8) is 0 Å². The standard InChI is InChI=1S/C16H20BrFN4O3S/c1-9(2)14(8-23)20-15-12(17)7-19-16(22-15)21-13-6-11(26(18,24)25)5-4-10(13)3/h4-7,9,14,23H,8H2,1-3H3,(H2,19,20,21,22)/t14-/m1/s1. The molecule has 0 saturated heterocycles. The number of aliphatic hydroxyl groups is 1. The first-order valence-corrected chi connectivity index (χ1v) is 10.0. The summed E-state index contributed by atoms with van der Waals surface area (Å²) in [5.74, 6) is 0.849. The van der Waals surface area contributed by atoms with Crippen LogP contribution in [0.25, 0.3) is 0 Å². The minimum atomic E-state index is -4.81. The van der Waals surface area contributed by atoms with Crippen LogP contribution in [0, 0.1) is 12.8 Å². The van der Waals surface area contributed by atoms with Crippen LogP contribution in [0.1, 0.15) is 19.4 Å². The van der Waals surface area contributed by atoms with Crippen LogP contribution in [0.4, 0.5) is 21.3 Å². The second-order valence-corrected chi connectivity index (χ2v) is 8.31. The number of anilines is 3. The van der Waals surface area contributed by atoms with Gasteiger partial charge in [-0.15, -0.1) is 3.89 Å². The molecular formula is C16H20BrFN4O3S. The lowest BCUT2D eigenvalue weighted by atomic mass is 10.1. The molecule has 0 spiro atoms. The number of halogens is 2. The third-order valence-corrected chi connectivity index (χ3v) is 5.20. The third-order valence-electron chi connectivity index (χ3n) is 3.80. The van der Waals surface area contributed by atoms with Crippen molar-refractivity contribution in [2.75, 3.05) is 17.2 Å². The number of hydrogen-bond acceptors (Lipinski definition) is 7. The summed E-state index contributed by atoms with van der Waals surface area (Å²) in [6.45, 7) is 5.62. The maximum absolute atomic E-state index is 13.2.